The van der Waals surface area contributed by atoms with Gasteiger partial charge in [0.25, 0.3) is 5.91 Å². The fourth-order valence-electron chi connectivity index (χ4n) is 5.09. The first-order valence-corrected chi connectivity index (χ1v) is 14.6. The summed E-state index contributed by atoms with van der Waals surface area (Å²) in [5, 5.41) is 1.40. The van der Waals surface area contributed by atoms with E-state index < -0.39 is 0 Å². The van der Waals surface area contributed by atoms with E-state index in [0.29, 0.717) is 34.1 Å². The average molecular weight is 519 g/mol. The molecule has 1 saturated heterocycles. The maximum Gasteiger partial charge on any atom is 0.266 e. The first-order valence-electron chi connectivity index (χ1n) is 13.4. The lowest BCUT2D eigenvalue weighted by atomic mass is 9.94. The highest BCUT2D eigenvalue weighted by Gasteiger charge is 2.39. The number of halogens is 1. The largest absolute Gasteiger partial charge is 0.490 e. The predicted molar refractivity (Wildman–Crippen MR) is 147 cm³/mol. The van der Waals surface area contributed by atoms with Crippen LogP contribution in [0.15, 0.2) is 22.0 Å². The first-order chi connectivity index (χ1) is 17.0. The number of amidine groups is 1. The van der Waals surface area contributed by atoms with Gasteiger partial charge in [0.05, 0.1) is 28.7 Å². The van der Waals surface area contributed by atoms with Crippen LogP contribution in [0.4, 0.5) is 0 Å². The van der Waals surface area contributed by atoms with Crippen LogP contribution in [0, 0.1) is 0 Å². The lowest BCUT2D eigenvalue weighted by Crippen LogP contribution is -2.41. The van der Waals surface area contributed by atoms with Gasteiger partial charge in [0.2, 0.25) is 0 Å². The molecule has 192 valence electrons. The van der Waals surface area contributed by atoms with Crippen molar-refractivity contribution in [2.24, 2.45) is 4.99 Å². The number of nitrogens with zero attached hydrogens (tertiary/aromatic N) is 2. The number of hydrogen-bond donors (Lipinski definition) is 0. The molecule has 0 N–H and O–H groups in total. The van der Waals surface area contributed by atoms with Gasteiger partial charge in [0.15, 0.2) is 16.7 Å². The molecule has 0 radical (unpaired) electrons. The number of rotatable bonds is 8. The molecule has 1 aromatic rings. The van der Waals surface area contributed by atoms with Crippen LogP contribution in [0.25, 0.3) is 6.08 Å². The standard InChI is InChI=1S/C28H39ClN2O3S/c1-4-19(3)34-26-23(29)16-20(17-24(26)33-5-2)18-25-27(32)31(22-14-10-7-11-15-22)28(35-25)30-21-12-8-6-9-13-21/h16-19,21-22H,4-15H2,1-3H3. The number of aliphatic imine (C=N–C) groups is 1. The Labute approximate surface area is 219 Å². The van der Waals surface area contributed by atoms with Gasteiger partial charge >= 0.3 is 0 Å². The maximum atomic E-state index is 13.7. The topological polar surface area (TPSA) is 51.1 Å². The molecule has 3 aliphatic rings. The summed E-state index contributed by atoms with van der Waals surface area (Å²) >= 11 is 8.17. The second-order valence-electron chi connectivity index (χ2n) is 9.88. The minimum atomic E-state index is 0.0329. The van der Waals surface area contributed by atoms with E-state index in [9.17, 15) is 4.79 Å². The van der Waals surface area contributed by atoms with Crippen LogP contribution in [-0.2, 0) is 4.79 Å². The molecule has 2 saturated carbocycles. The summed E-state index contributed by atoms with van der Waals surface area (Å²) in [5.74, 6) is 1.26. The third-order valence-electron chi connectivity index (χ3n) is 7.17. The molecule has 0 spiro atoms. The minimum absolute atomic E-state index is 0.0329. The van der Waals surface area contributed by atoms with E-state index in [0.717, 1.165) is 42.8 Å². The molecule has 1 unspecified atom stereocenters. The van der Waals surface area contributed by atoms with Crippen LogP contribution in [-0.4, -0.2) is 40.8 Å². The van der Waals surface area contributed by atoms with Crippen molar-refractivity contribution in [3.63, 3.8) is 0 Å². The van der Waals surface area contributed by atoms with Crippen molar-refractivity contribution in [1.82, 2.24) is 4.90 Å². The Morgan fingerprint density at radius 2 is 1.80 bits per heavy atom. The fraction of sp³-hybridized carbons (Fsp3) is 0.643. The first kappa shape index (κ1) is 26.4. The Bertz CT molecular complexity index is 952. The van der Waals surface area contributed by atoms with E-state index in [1.165, 1.54) is 50.3 Å². The van der Waals surface area contributed by atoms with E-state index >= 15 is 0 Å². The van der Waals surface area contributed by atoms with Crippen molar-refractivity contribution in [2.45, 2.75) is 110 Å². The van der Waals surface area contributed by atoms with Crippen molar-refractivity contribution in [3.8, 4) is 11.5 Å². The molecule has 0 bridgehead atoms. The number of amides is 1. The number of carbonyl (C=O) groups excluding carboxylic acids is 1. The Morgan fingerprint density at radius 1 is 1.11 bits per heavy atom. The van der Waals surface area contributed by atoms with Gasteiger partial charge in [0.1, 0.15) is 0 Å². The summed E-state index contributed by atoms with van der Waals surface area (Å²) in [5.41, 5.74) is 0.841. The number of thioether (sulfide) groups is 1. The van der Waals surface area contributed by atoms with Crippen molar-refractivity contribution in [2.75, 3.05) is 6.61 Å². The molecule has 2 aliphatic carbocycles. The minimum Gasteiger partial charge on any atom is -0.490 e. The predicted octanol–water partition coefficient (Wildman–Crippen LogP) is 7.85. The van der Waals surface area contributed by atoms with Crippen LogP contribution in [0.3, 0.4) is 0 Å². The molecule has 1 atom stereocenters. The van der Waals surface area contributed by atoms with Crippen LogP contribution in [0.5, 0.6) is 11.5 Å². The molecular formula is C28H39ClN2O3S. The summed E-state index contributed by atoms with van der Waals surface area (Å²) in [6.07, 6.45) is 14.6. The van der Waals surface area contributed by atoms with Crippen LogP contribution in [0.1, 0.15) is 97.0 Å². The molecule has 1 amide bonds. The van der Waals surface area contributed by atoms with Gasteiger partial charge in [-0.2, -0.15) is 0 Å². The summed E-state index contributed by atoms with van der Waals surface area (Å²) in [4.78, 5) is 21.5. The monoisotopic (exact) mass is 518 g/mol. The quantitative estimate of drug-likeness (QED) is 0.329. The van der Waals surface area contributed by atoms with E-state index in [2.05, 4.69) is 6.92 Å². The lowest BCUT2D eigenvalue weighted by Gasteiger charge is -2.31. The molecule has 3 fully saturated rings. The molecule has 0 aromatic heterocycles. The highest BCUT2D eigenvalue weighted by molar-refractivity contribution is 8.18. The van der Waals surface area contributed by atoms with E-state index in [-0.39, 0.29) is 18.1 Å². The van der Waals surface area contributed by atoms with Crippen LogP contribution in [0.2, 0.25) is 5.02 Å². The van der Waals surface area contributed by atoms with Gasteiger partial charge in [-0.25, -0.2) is 0 Å². The molecule has 4 rings (SSSR count). The smallest absolute Gasteiger partial charge is 0.266 e. The molecule has 1 aromatic carbocycles. The number of benzene rings is 1. The molecule has 7 heteroatoms. The Morgan fingerprint density at radius 3 is 2.46 bits per heavy atom. The third-order valence-corrected chi connectivity index (χ3v) is 8.45. The van der Waals surface area contributed by atoms with Crippen molar-refractivity contribution < 1.29 is 14.3 Å². The third kappa shape index (κ3) is 6.56. The molecule has 35 heavy (non-hydrogen) atoms. The van der Waals surface area contributed by atoms with Crippen LogP contribution >= 0.6 is 23.4 Å². The van der Waals surface area contributed by atoms with Gasteiger partial charge in [-0.15, -0.1) is 0 Å². The summed E-state index contributed by atoms with van der Waals surface area (Å²) in [6, 6.07) is 4.38. The van der Waals surface area contributed by atoms with Crippen molar-refractivity contribution >= 4 is 40.5 Å². The van der Waals surface area contributed by atoms with E-state index in [1.54, 1.807) is 0 Å². The summed E-state index contributed by atoms with van der Waals surface area (Å²) < 4.78 is 11.9. The van der Waals surface area contributed by atoms with E-state index in [4.69, 9.17) is 26.1 Å². The lowest BCUT2D eigenvalue weighted by molar-refractivity contribution is -0.124. The normalized spacial score (nSPS) is 23.3. The molecule has 5 nitrogen and oxygen atoms in total. The molecule has 1 aliphatic heterocycles. The van der Waals surface area contributed by atoms with E-state index in [1.807, 2.05) is 37.0 Å². The second-order valence-corrected chi connectivity index (χ2v) is 11.3. The highest BCUT2D eigenvalue weighted by atomic mass is 35.5. The number of ether oxygens (including phenoxy) is 2. The number of hydrogen-bond acceptors (Lipinski definition) is 5. The van der Waals surface area contributed by atoms with Crippen molar-refractivity contribution in [1.29, 1.82) is 0 Å². The zero-order valence-corrected chi connectivity index (χ0v) is 22.9. The van der Waals surface area contributed by atoms with Gasteiger partial charge in [0, 0.05) is 6.04 Å². The van der Waals surface area contributed by atoms with Gasteiger partial charge in [-0.1, -0.05) is 57.0 Å². The highest BCUT2D eigenvalue weighted by Crippen LogP contribution is 2.41. The van der Waals surface area contributed by atoms with Gasteiger partial charge in [-0.3, -0.25) is 14.7 Å². The zero-order chi connectivity index (χ0) is 24.8. The fourth-order valence-corrected chi connectivity index (χ4v) is 6.46. The van der Waals surface area contributed by atoms with Gasteiger partial charge < -0.3 is 9.47 Å². The Kier molecular flexibility index (Phi) is 9.46. The Hall–Kier alpha value is -1.66. The van der Waals surface area contributed by atoms with Gasteiger partial charge in [-0.05, 0) is 81.5 Å². The summed E-state index contributed by atoms with van der Waals surface area (Å²) in [7, 11) is 0. The molecular weight excluding hydrogens is 480 g/mol. The molecule has 1 heterocycles. The Balaban J connectivity index is 1.65. The zero-order valence-electron chi connectivity index (χ0n) is 21.4. The average Bonchev–Trinajstić information content (AvgIpc) is 3.16. The maximum absolute atomic E-state index is 13.7. The second kappa shape index (κ2) is 12.5. The number of carbonyl (C=O) groups is 1. The van der Waals surface area contributed by atoms with Crippen LogP contribution < -0.4 is 9.47 Å². The summed E-state index contributed by atoms with van der Waals surface area (Å²) in [6.45, 7) is 6.54. The SMILES string of the molecule is CCOc1cc(C=C2SC(=NC3CCCCC3)N(C3CCCCC3)C2=O)cc(Cl)c1OC(C)CC. The van der Waals surface area contributed by atoms with Crippen molar-refractivity contribution in [3.05, 3.63) is 27.6 Å².